The van der Waals surface area contributed by atoms with Crippen LogP contribution < -0.4 is 5.32 Å². The predicted octanol–water partition coefficient (Wildman–Crippen LogP) is 4.39. The lowest BCUT2D eigenvalue weighted by Gasteiger charge is -2.12. The van der Waals surface area contributed by atoms with Crippen molar-refractivity contribution in [3.63, 3.8) is 0 Å². The molecule has 1 amide bonds. The van der Waals surface area contributed by atoms with Crippen molar-refractivity contribution in [2.24, 2.45) is 0 Å². The Morgan fingerprint density at radius 1 is 1.27 bits per heavy atom. The first kappa shape index (κ1) is 22.7. The number of pyridine rings is 1. The van der Waals surface area contributed by atoms with Gasteiger partial charge in [0.15, 0.2) is 12.4 Å². The zero-order chi connectivity index (χ0) is 23.4. The number of nitrogens with zero attached hydrogens (tertiary/aromatic N) is 4. The molecule has 0 saturated heterocycles. The Balaban J connectivity index is 1.45. The Labute approximate surface area is 196 Å². The maximum absolute atomic E-state index is 12.8. The minimum atomic E-state index is -0.626. The molecule has 3 aromatic rings. The van der Waals surface area contributed by atoms with Gasteiger partial charge >= 0.3 is 5.97 Å². The summed E-state index contributed by atoms with van der Waals surface area (Å²) in [6.07, 6.45) is 8.17. The smallest absolute Gasteiger partial charge is 0.342 e. The number of fused-ring (bicyclic) bond motifs is 1. The van der Waals surface area contributed by atoms with Gasteiger partial charge in [0.25, 0.3) is 5.91 Å². The molecular formula is C24H25N5O3S. The third-order valence-electron chi connectivity index (χ3n) is 5.56. The number of aromatic nitrogens is 3. The van der Waals surface area contributed by atoms with Crippen LogP contribution in [0.3, 0.4) is 0 Å². The Morgan fingerprint density at radius 3 is 2.82 bits per heavy atom. The molecule has 0 aromatic carbocycles. The van der Waals surface area contributed by atoms with Crippen LogP contribution in [0.4, 0.5) is 5.00 Å². The van der Waals surface area contributed by atoms with Gasteiger partial charge in [-0.05, 0) is 49.3 Å². The molecule has 0 fully saturated rings. The summed E-state index contributed by atoms with van der Waals surface area (Å²) in [5.74, 6) is -0.525. The Hall–Kier alpha value is -3.51. The van der Waals surface area contributed by atoms with Crippen LogP contribution in [0.5, 0.6) is 0 Å². The molecule has 0 aliphatic heterocycles. The molecule has 1 aliphatic carbocycles. The fraction of sp³-hybridized carbons (Fsp3) is 0.375. The van der Waals surface area contributed by atoms with E-state index in [9.17, 15) is 14.9 Å². The first-order chi connectivity index (χ1) is 16.0. The van der Waals surface area contributed by atoms with Gasteiger partial charge in [0.05, 0.1) is 17.5 Å². The van der Waals surface area contributed by atoms with Gasteiger partial charge in [-0.25, -0.2) is 14.5 Å². The van der Waals surface area contributed by atoms with Gasteiger partial charge in [-0.15, -0.1) is 11.3 Å². The van der Waals surface area contributed by atoms with Gasteiger partial charge in [-0.2, -0.15) is 10.4 Å². The number of nitriles is 1. The zero-order valence-corrected chi connectivity index (χ0v) is 19.4. The molecule has 0 unspecified atom stereocenters. The van der Waals surface area contributed by atoms with E-state index in [1.807, 2.05) is 19.9 Å². The number of esters is 1. The highest BCUT2D eigenvalue weighted by Crippen LogP contribution is 2.37. The van der Waals surface area contributed by atoms with E-state index in [2.05, 4.69) is 21.5 Å². The number of rotatable bonds is 6. The number of carbonyl (C=O) groups excluding carboxylic acids is 2. The van der Waals surface area contributed by atoms with E-state index in [1.165, 1.54) is 22.4 Å². The van der Waals surface area contributed by atoms with Crippen LogP contribution in [0.25, 0.3) is 5.82 Å². The van der Waals surface area contributed by atoms with Crippen LogP contribution in [0.15, 0.2) is 30.6 Å². The summed E-state index contributed by atoms with van der Waals surface area (Å²) in [6.45, 7) is 3.45. The lowest BCUT2D eigenvalue weighted by molar-refractivity contribution is -0.119. The standard InChI is InChI=1S/C24H25N5O3S/c1-15(2)22-18(13-27-29(22)20-10-6-7-11-26-20)24(31)32-14-21(30)28-23-17(12-25)16-8-4-3-5-9-19(16)33-23/h6-7,10-11,13,15H,3-5,8-9,14H2,1-2H3,(H,28,30). The first-order valence-corrected chi connectivity index (χ1v) is 11.8. The van der Waals surface area contributed by atoms with Crippen molar-refractivity contribution in [2.45, 2.75) is 51.9 Å². The molecule has 0 bridgehead atoms. The largest absolute Gasteiger partial charge is 0.452 e. The average molecular weight is 464 g/mol. The molecule has 0 spiro atoms. The molecule has 1 aliphatic rings. The molecule has 1 N–H and O–H groups in total. The highest BCUT2D eigenvalue weighted by Gasteiger charge is 2.24. The molecule has 4 rings (SSSR count). The molecule has 3 heterocycles. The summed E-state index contributed by atoms with van der Waals surface area (Å²) in [6, 6.07) is 7.69. The molecule has 9 heteroatoms. The van der Waals surface area contributed by atoms with E-state index in [-0.39, 0.29) is 5.92 Å². The summed E-state index contributed by atoms with van der Waals surface area (Å²) in [5.41, 5.74) is 2.54. The highest BCUT2D eigenvalue weighted by atomic mass is 32.1. The molecule has 0 saturated carbocycles. The van der Waals surface area contributed by atoms with Crippen LogP contribution in [0.1, 0.15) is 71.1 Å². The van der Waals surface area contributed by atoms with Crippen molar-refractivity contribution < 1.29 is 14.3 Å². The quantitative estimate of drug-likeness (QED) is 0.429. The number of amides is 1. The topological polar surface area (TPSA) is 110 Å². The summed E-state index contributed by atoms with van der Waals surface area (Å²) < 4.78 is 6.91. The molecule has 0 atom stereocenters. The van der Waals surface area contributed by atoms with Crippen molar-refractivity contribution in [3.05, 3.63) is 57.9 Å². The van der Waals surface area contributed by atoms with Gasteiger partial charge < -0.3 is 10.1 Å². The highest BCUT2D eigenvalue weighted by molar-refractivity contribution is 7.16. The number of nitrogens with one attached hydrogen (secondary N) is 1. The lowest BCUT2D eigenvalue weighted by atomic mass is 10.1. The maximum atomic E-state index is 12.8. The van der Waals surface area contributed by atoms with E-state index in [1.54, 1.807) is 23.0 Å². The minimum absolute atomic E-state index is 0.0226. The second-order valence-corrected chi connectivity index (χ2v) is 9.31. The van der Waals surface area contributed by atoms with Crippen LogP contribution in [0, 0.1) is 11.3 Å². The summed E-state index contributed by atoms with van der Waals surface area (Å²) in [4.78, 5) is 30.7. The maximum Gasteiger partial charge on any atom is 0.342 e. The van der Waals surface area contributed by atoms with Crippen LogP contribution >= 0.6 is 11.3 Å². The molecular weight excluding hydrogens is 438 g/mol. The van der Waals surface area contributed by atoms with Gasteiger partial charge in [-0.1, -0.05) is 26.3 Å². The van der Waals surface area contributed by atoms with E-state index in [4.69, 9.17) is 4.74 Å². The molecule has 3 aromatic heterocycles. The van der Waals surface area contributed by atoms with Crippen LogP contribution in [-0.2, 0) is 22.4 Å². The van der Waals surface area contributed by atoms with E-state index >= 15 is 0 Å². The van der Waals surface area contributed by atoms with Crippen LogP contribution in [0.2, 0.25) is 0 Å². The van der Waals surface area contributed by atoms with Crippen molar-refractivity contribution in [2.75, 3.05) is 11.9 Å². The minimum Gasteiger partial charge on any atom is -0.452 e. The van der Waals surface area contributed by atoms with E-state index in [0.717, 1.165) is 37.7 Å². The number of ether oxygens (including phenoxy) is 1. The first-order valence-electron chi connectivity index (χ1n) is 11.0. The Morgan fingerprint density at radius 2 is 2.09 bits per heavy atom. The number of hydrogen-bond donors (Lipinski definition) is 1. The number of anilines is 1. The van der Waals surface area contributed by atoms with Crippen molar-refractivity contribution in [1.82, 2.24) is 14.8 Å². The number of thiophene rings is 1. The fourth-order valence-electron chi connectivity index (χ4n) is 4.05. The lowest BCUT2D eigenvalue weighted by Crippen LogP contribution is -2.21. The van der Waals surface area contributed by atoms with Gasteiger partial charge in [0, 0.05) is 11.1 Å². The summed E-state index contributed by atoms with van der Waals surface area (Å²) in [5, 5.41) is 17.2. The average Bonchev–Trinajstić information content (AvgIpc) is 3.32. The molecule has 8 nitrogen and oxygen atoms in total. The van der Waals surface area contributed by atoms with Crippen molar-refractivity contribution >= 4 is 28.2 Å². The molecule has 0 radical (unpaired) electrons. The summed E-state index contributed by atoms with van der Waals surface area (Å²) in [7, 11) is 0. The van der Waals surface area contributed by atoms with Gasteiger partial charge in [-0.3, -0.25) is 4.79 Å². The Bertz CT molecular complexity index is 1210. The SMILES string of the molecule is CC(C)c1c(C(=O)OCC(=O)Nc2sc3c(c2C#N)CCCCC3)cnn1-c1ccccn1. The summed E-state index contributed by atoms with van der Waals surface area (Å²) >= 11 is 1.45. The molecule has 170 valence electrons. The van der Waals surface area contributed by atoms with Crippen molar-refractivity contribution in [1.29, 1.82) is 5.26 Å². The number of hydrogen-bond acceptors (Lipinski definition) is 7. The fourth-order valence-corrected chi connectivity index (χ4v) is 5.31. The number of carbonyl (C=O) groups is 2. The third-order valence-corrected chi connectivity index (χ3v) is 6.77. The second kappa shape index (κ2) is 9.96. The van der Waals surface area contributed by atoms with Crippen LogP contribution in [-0.4, -0.2) is 33.2 Å². The second-order valence-electron chi connectivity index (χ2n) is 8.20. The number of aryl methyl sites for hydroxylation is 1. The monoisotopic (exact) mass is 463 g/mol. The van der Waals surface area contributed by atoms with Crippen molar-refractivity contribution in [3.8, 4) is 11.9 Å². The Kier molecular flexibility index (Phi) is 6.84. The van der Waals surface area contributed by atoms with Gasteiger partial charge in [0.1, 0.15) is 16.6 Å². The van der Waals surface area contributed by atoms with Gasteiger partial charge in [0.2, 0.25) is 0 Å². The van der Waals surface area contributed by atoms with E-state index < -0.39 is 18.5 Å². The zero-order valence-electron chi connectivity index (χ0n) is 18.6. The normalized spacial score (nSPS) is 13.2. The molecule has 33 heavy (non-hydrogen) atoms. The predicted molar refractivity (Wildman–Crippen MR) is 125 cm³/mol. The third kappa shape index (κ3) is 4.81. The van der Waals surface area contributed by atoms with E-state index in [0.29, 0.717) is 27.6 Å².